The van der Waals surface area contributed by atoms with E-state index in [-0.39, 0.29) is 18.0 Å². The third kappa shape index (κ3) is 6.47. The molecular formula is C22H18BrCl3N2O3S. The molecule has 0 fully saturated rings. The van der Waals surface area contributed by atoms with Crippen molar-refractivity contribution in [3.05, 3.63) is 97.4 Å². The maximum absolute atomic E-state index is 13.3. The Morgan fingerprint density at radius 3 is 2.25 bits per heavy atom. The van der Waals surface area contributed by atoms with Gasteiger partial charge in [-0.05, 0) is 53.6 Å². The zero-order chi connectivity index (χ0) is 23.3. The van der Waals surface area contributed by atoms with Gasteiger partial charge in [-0.25, -0.2) is 8.42 Å². The Morgan fingerprint density at radius 1 is 0.906 bits per heavy atom. The van der Waals surface area contributed by atoms with Crippen LogP contribution in [0.4, 0.5) is 0 Å². The molecule has 0 atom stereocenters. The van der Waals surface area contributed by atoms with E-state index in [9.17, 15) is 13.2 Å². The van der Waals surface area contributed by atoms with Crippen LogP contribution in [0.1, 0.15) is 11.1 Å². The summed E-state index contributed by atoms with van der Waals surface area (Å²) in [7, 11) is -3.98. The predicted molar refractivity (Wildman–Crippen MR) is 131 cm³/mol. The lowest BCUT2D eigenvalue weighted by Crippen LogP contribution is -2.40. The molecule has 10 heteroatoms. The number of benzene rings is 3. The van der Waals surface area contributed by atoms with Crippen molar-refractivity contribution in [2.45, 2.75) is 18.0 Å². The summed E-state index contributed by atoms with van der Waals surface area (Å²) in [5.74, 6) is -0.483. The molecule has 0 aliphatic carbocycles. The molecule has 168 valence electrons. The number of halogens is 4. The Kier molecular flexibility index (Phi) is 8.61. The minimum absolute atomic E-state index is 0.0623. The van der Waals surface area contributed by atoms with Gasteiger partial charge in [0.05, 0.1) is 11.4 Å². The van der Waals surface area contributed by atoms with E-state index in [0.29, 0.717) is 26.2 Å². The van der Waals surface area contributed by atoms with Crippen LogP contribution in [-0.2, 0) is 27.9 Å². The first-order valence-electron chi connectivity index (χ1n) is 9.36. The summed E-state index contributed by atoms with van der Waals surface area (Å²) in [6, 6.07) is 18.0. The Labute approximate surface area is 210 Å². The normalized spacial score (nSPS) is 11.5. The summed E-state index contributed by atoms with van der Waals surface area (Å²) in [6.45, 7) is -0.324. The number of hydrogen-bond donors (Lipinski definition) is 1. The van der Waals surface area contributed by atoms with Gasteiger partial charge in [0, 0.05) is 32.6 Å². The van der Waals surface area contributed by atoms with Gasteiger partial charge in [0.25, 0.3) is 0 Å². The fraction of sp³-hybridized carbons (Fsp3) is 0.136. The Hall–Kier alpha value is -1.61. The molecule has 0 spiro atoms. The van der Waals surface area contributed by atoms with Crippen LogP contribution in [0, 0.1) is 0 Å². The Bertz CT molecular complexity index is 1220. The van der Waals surface area contributed by atoms with E-state index < -0.39 is 22.5 Å². The van der Waals surface area contributed by atoms with Gasteiger partial charge in [-0.3, -0.25) is 4.79 Å². The van der Waals surface area contributed by atoms with E-state index in [4.69, 9.17) is 34.8 Å². The number of hydrogen-bond acceptors (Lipinski definition) is 3. The van der Waals surface area contributed by atoms with E-state index in [1.807, 2.05) is 0 Å². The van der Waals surface area contributed by atoms with Crippen LogP contribution in [-0.4, -0.2) is 25.2 Å². The molecule has 0 radical (unpaired) electrons. The standard InChI is InChI=1S/C22H18BrCl3N2O3S/c23-17-6-9-19(10-7-17)32(30,31)28(13-16-3-1-2-4-20(16)25)14-22(29)27-12-15-5-8-18(24)11-21(15)26/h1-11H,12-14H2,(H,27,29). The predicted octanol–water partition coefficient (Wildman–Crippen LogP) is 5.92. The van der Waals surface area contributed by atoms with Crippen LogP contribution in [0.2, 0.25) is 15.1 Å². The van der Waals surface area contributed by atoms with Gasteiger partial charge in [0.15, 0.2) is 0 Å². The third-order valence-electron chi connectivity index (χ3n) is 4.57. The first-order chi connectivity index (χ1) is 15.2. The molecule has 3 aromatic carbocycles. The molecule has 0 aliphatic heterocycles. The van der Waals surface area contributed by atoms with E-state index >= 15 is 0 Å². The molecule has 1 N–H and O–H groups in total. The van der Waals surface area contributed by atoms with E-state index in [2.05, 4.69) is 21.2 Å². The van der Waals surface area contributed by atoms with Gasteiger partial charge in [-0.1, -0.05) is 75.0 Å². The number of nitrogens with one attached hydrogen (secondary N) is 1. The summed E-state index contributed by atoms with van der Waals surface area (Å²) in [5, 5.41) is 4.02. The number of rotatable bonds is 8. The fourth-order valence-electron chi connectivity index (χ4n) is 2.87. The van der Waals surface area contributed by atoms with Crippen LogP contribution in [0.5, 0.6) is 0 Å². The number of sulfonamides is 1. The van der Waals surface area contributed by atoms with Gasteiger partial charge in [0.1, 0.15) is 0 Å². The van der Waals surface area contributed by atoms with Crippen molar-refractivity contribution in [2.24, 2.45) is 0 Å². The van der Waals surface area contributed by atoms with E-state index in [1.54, 1.807) is 54.6 Å². The van der Waals surface area contributed by atoms with Gasteiger partial charge in [0.2, 0.25) is 15.9 Å². The zero-order valence-corrected chi connectivity index (χ0v) is 21.2. The lowest BCUT2D eigenvalue weighted by Gasteiger charge is -2.22. The highest BCUT2D eigenvalue weighted by Gasteiger charge is 2.27. The summed E-state index contributed by atoms with van der Waals surface area (Å²) >= 11 is 21.6. The highest BCUT2D eigenvalue weighted by atomic mass is 79.9. The van der Waals surface area contributed by atoms with Gasteiger partial charge in [-0.15, -0.1) is 0 Å². The second kappa shape index (κ2) is 11.0. The second-order valence-corrected chi connectivity index (χ2v) is 10.9. The summed E-state index contributed by atoms with van der Waals surface area (Å²) < 4.78 is 28.5. The molecule has 0 bridgehead atoms. The van der Waals surface area contributed by atoms with Crippen molar-refractivity contribution < 1.29 is 13.2 Å². The summed E-state index contributed by atoms with van der Waals surface area (Å²) in [4.78, 5) is 12.8. The Morgan fingerprint density at radius 2 is 1.59 bits per heavy atom. The molecule has 0 saturated heterocycles. The first-order valence-corrected chi connectivity index (χ1v) is 12.7. The van der Waals surface area contributed by atoms with Crippen molar-refractivity contribution in [1.29, 1.82) is 0 Å². The highest BCUT2D eigenvalue weighted by molar-refractivity contribution is 9.10. The SMILES string of the molecule is O=C(CN(Cc1ccccc1Cl)S(=O)(=O)c1ccc(Br)cc1)NCc1ccc(Cl)cc1Cl. The van der Waals surface area contributed by atoms with Crippen molar-refractivity contribution in [3.8, 4) is 0 Å². The molecule has 3 rings (SSSR count). The fourth-order valence-corrected chi connectivity index (χ4v) is 5.18. The smallest absolute Gasteiger partial charge is 0.243 e. The van der Waals surface area contributed by atoms with Crippen molar-refractivity contribution in [1.82, 2.24) is 9.62 Å². The quantitative estimate of drug-likeness (QED) is 0.362. The van der Waals surface area contributed by atoms with Crippen molar-refractivity contribution in [2.75, 3.05) is 6.54 Å². The molecule has 0 heterocycles. The lowest BCUT2D eigenvalue weighted by atomic mass is 10.2. The highest BCUT2D eigenvalue weighted by Crippen LogP contribution is 2.24. The van der Waals surface area contributed by atoms with E-state index in [0.717, 1.165) is 8.78 Å². The Balaban J connectivity index is 1.82. The maximum Gasteiger partial charge on any atom is 0.243 e. The van der Waals surface area contributed by atoms with Gasteiger partial charge >= 0.3 is 0 Å². The lowest BCUT2D eigenvalue weighted by molar-refractivity contribution is -0.121. The van der Waals surface area contributed by atoms with Gasteiger partial charge < -0.3 is 5.32 Å². The van der Waals surface area contributed by atoms with Crippen LogP contribution in [0.15, 0.2) is 76.1 Å². The van der Waals surface area contributed by atoms with Crippen LogP contribution in [0.25, 0.3) is 0 Å². The van der Waals surface area contributed by atoms with Crippen LogP contribution >= 0.6 is 50.7 Å². The average Bonchev–Trinajstić information content (AvgIpc) is 2.74. The summed E-state index contributed by atoms with van der Waals surface area (Å²) in [5.41, 5.74) is 1.25. The second-order valence-electron chi connectivity index (χ2n) is 6.83. The number of amides is 1. The third-order valence-corrected chi connectivity index (χ3v) is 7.86. The van der Waals surface area contributed by atoms with Gasteiger partial charge in [-0.2, -0.15) is 4.31 Å². The molecule has 3 aromatic rings. The van der Waals surface area contributed by atoms with Crippen LogP contribution in [0.3, 0.4) is 0 Å². The van der Waals surface area contributed by atoms with E-state index in [1.165, 1.54) is 12.1 Å². The number of carbonyl (C=O) groups is 1. The first kappa shape index (κ1) is 25.0. The average molecular weight is 577 g/mol. The zero-order valence-electron chi connectivity index (χ0n) is 16.6. The minimum Gasteiger partial charge on any atom is -0.351 e. The molecular weight excluding hydrogens is 559 g/mol. The minimum atomic E-state index is -3.98. The topological polar surface area (TPSA) is 66.5 Å². The molecule has 0 aliphatic rings. The number of carbonyl (C=O) groups excluding carboxylic acids is 1. The molecule has 1 amide bonds. The molecule has 0 unspecified atom stereocenters. The molecule has 0 saturated carbocycles. The largest absolute Gasteiger partial charge is 0.351 e. The maximum atomic E-state index is 13.3. The van der Waals surface area contributed by atoms with Crippen LogP contribution < -0.4 is 5.32 Å². The van der Waals surface area contributed by atoms with Crippen molar-refractivity contribution in [3.63, 3.8) is 0 Å². The molecule has 0 aromatic heterocycles. The monoisotopic (exact) mass is 574 g/mol. The molecule has 32 heavy (non-hydrogen) atoms. The summed E-state index contributed by atoms with van der Waals surface area (Å²) in [6.07, 6.45) is 0. The van der Waals surface area contributed by atoms with Crippen molar-refractivity contribution >= 4 is 66.7 Å². The molecule has 5 nitrogen and oxygen atoms in total. The number of nitrogens with zero attached hydrogens (tertiary/aromatic N) is 1.